The molecule has 0 aliphatic heterocycles. The first-order valence-electron chi connectivity index (χ1n) is 6.50. The maximum atomic E-state index is 11.8. The summed E-state index contributed by atoms with van der Waals surface area (Å²) in [7, 11) is 1.72. The lowest BCUT2D eigenvalue weighted by atomic mass is 10.3. The van der Waals surface area contributed by atoms with E-state index >= 15 is 0 Å². The first kappa shape index (κ1) is 16.0. The van der Waals surface area contributed by atoms with E-state index < -0.39 is 0 Å². The zero-order valence-electron chi connectivity index (χ0n) is 12.1. The lowest BCUT2D eigenvalue weighted by Crippen LogP contribution is -2.41. The Labute approximate surface area is 119 Å². The molecule has 0 fully saturated rings. The summed E-state index contributed by atoms with van der Waals surface area (Å²) in [4.78, 5) is 25.0. The fourth-order valence-electron chi connectivity index (χ4n) is 1.73. The minimum absolute atomic E-state index is 0.0945. The third-order valence-electron chi connectivity index (χ3n) is 2.45. The number of carbonyl (C=O) groups is 2. The maximum absolute atomic E-state index is 11.8. The molecule has 20 heavy (non-hydrogen) atoms. The predicted octanol–water partition coefficient (Wildman–Crippen LogP) is 0.664. The number of carbonyl (C=O) groups excluding carboxylic acids is 2. The molecule has 6 heteroatoms. The molecule has 0 heterocycles. The Balaban J connectivity index is 2.40. The van der Waals surface area contributed by atoms with Crippen molar-refractivity contribution in [1.29, 1.82) is 0 Å². The molecule has 6 nitrogen and oxygen atoms in total. The number of anilines is 2. The first-order chi connectivity index (χ1) is 9.36. The molecule has 1 aromatic carbocycles. The third kappa shape index (κ3) is 6.19. The van der Waals surface area contributed by atoms with Crippen LogP contribution in [0.4, 0.5) is 11.4 Å². The van der Waals surface area contributed by atoms with Gasteiger partial charge >= 0.3 is 0 Å². The lowest BCUT2D eigenvalue weighted by Gasteiger charge is -2.17. The molecule has 0 radical (unpaired) electrons. The molecule has 0 bridgehead atoms. The quantitative estimate of drug-likeness (QED) is 0.667. The van der Waals surface area contributed by atoms with Gasteiger partial charge in [0.1, 0.15) is 0 Å². The third-order valence-corrected chi connectivity index (χ3v) is 2.45. The molecular formula is C14H22N4O2. The molecule has 0 saturated carbocycles. The number of nitrogen functional groups attached to an aromatic ring is 1. The number of hydrogen-bond donors (Lipinski definition) is 3. The van der Waals surface area contributed by atoms with Crippen LogP contribution in [-0.2, 0) is 9.59 Å². The van der Waals surface area contributed by atoms with Crippen molar-refractivity contribution in [3.8, 4) is 0 Å². The van der Waals surface area contributed by atoms with E-state index in [1.807, 2.05) is 13.8 Å². The van der Waals surface area contributed by atoms with E-state index in [1.54, 1.807) is 36.2 Å². The number of amides is 2. The fourth-order valence-corrected chi connectivity index (χ4v) is 1.73. The summed E-state index contributed by atoms with van der Waals surface area (Å²) in [5.74, 6) is -0.283. The smallest absolute Gasteiger partial charge is 0.238 e. The van der Waals surface area contributed by atoms with Crippen molar-refractivity contribution in [2.75, 3.05) is 31.2 Å². The summed E-state index contributed by atoms with van der Waals surface area (Å²) in [5, 5.41) is 5.51. The fraction of sp³-hybridized carbons (Fsp3) is 0.429. The highest BCUT2D eigenvalue weighted by Gasteiger charge is 2.11. The number of hydrogen-bond acceptors (Lipinski definition) is 4. The molecule has 2 amide bonds. The van der Waals surface area contributed by atoms with Crippen LogP contribution in [0.15, 0.2) is 24.3 Å². The van der Waals surface area contributed by atoms with Crippen LogP contribution in [0.1, 0.15) is 13.8 Å². The van der Waals surface area contributed by atoms with Crippen LogP contribution >= 0.6 is 0 Å². The Kier molecular flexibility index (Phi) is 5.99. The molecule has 0 atom stereocenters. The van der Waals surface area contributed by atoms with Crippen LogP contribution in [0.2, 0.25) is 0 Å². The molecule has 0 saturated heterocycles. The summed E-state index contributed by atoms with van der Waals surface area (Å²) in [6, 6.07) is 7.06. The van der Waals surface area contributed by atoms with E-state index in [9.17, 15) is 9.59 Å². The molecule has 0 aliphatic rings. The Morgan fingerprint density at radius 2 is 1.90 bits per heavy atom. The number of rotatable bonds is 6. The monoisotopic (exact) mass is 278 g/mol. The number of nitrogens with zero attached hydrogens (tertiary/aromatic N) is 1. The Hall–Kier alpha value is -2.08. The summed E-state index contributed by atoms with van der Waals surface area (Å²) in [6.45, 7) is 4.11. The van der Waals surface area contributed by atoms with Gasteiger partial charge in [0.25, 0.3) is 0 Å². The van der Waals surface area contributed by atoms with Crippen molar-refractivity contribution in [1.82, 2.24) is 10.2 Å². The second-order valence-corrected chi connectivity index (χ2v) is 5.07. The van der Waals surface area contributed by atoms with Crippen LogP contribution in [0.25, 0.3) is 0 Å². The van der Waals surface area contributed by atoms with Crippen molar-refractivity contribution >= 4 is 23.2 Å². The Morgan fingerprint density at radius 1 is 1.25 bits per heavy atom. The first-order valence-corrected chi connectivity index (χ1v) is 6.50. The van der Waals surface area contributed by atoms with Gasteiger partial charge in [-0.05, 0) is 39.1 Å². The highest BCUT2D eigenvalue weighted by molar-refractivity contribution is 5.93. The zero-order chi connectivity index (χ0) is 15.1. The van der Waals surface area contributed by atoms with E-state index in [2.05, 4.69) is 10.6 Å². The SMILES string of the molecule is CC(C)NC(=O)CN(C)CC(=O)Nc1cccc(N)c1. The van der Waals surface area contributed by atoms with Crippen LogP contribution < -0.4 is 16.4 Å². The lowest BCUT2D eigenvalue weighted by molar-refractivity contribution is -0.123. The normalized spacial score (nSPS) is 10.7. The summed E-state index contributed by atoms with van der Waals surface area (Å²) in [6.07, 6.45) is 0. The van der Waals surface area contributed by atoms with Gasteiger partial charge in [0.2, 0.25) is 11.8 Å². The van der Waals surface area contributed by atoms with E-state index in [0.29, 0.717) is 11.4 Å². The van der Waals surface area contributed by atoms with Crippen molar-refractivity contribution < 1.29 is 9.59 Å². The second kappa shape index (κ2) is 7.49. The van der Waals surface area contributed by atoms with Gasteiger partial charge in [-0.2, -0.15) is 0 Å². The van der Waals surface area contributed by atoms with Crippen LogP contribution in [0.5, 0.6) is 0 Å². The van der Waals surface area contributed by atoms with Gasteiger partial charge in [-0.25, -0.2) is 0 Å². The minimum atomic E-state index is -0.185. The average Bonchev–Trinajstić information content (AvgIpc) is 2.26. The second-order valence-electron chi connectivity index (χ2n) is 5.07. The number of benzene rings is 1. The molecule has 0 spiro atoms. The summed E-state index contributed by atoms with van der Waals surface area (Å²) < 4.78 is 0. The molecule has 0 aromatic heterocycles. The van der Waals surface area contributed by atoms with E-state index in [-0.39, 0.29) is 30.9 Å². The van der Waals surface area contributed by atoms with Gasteiger partial charge in [0, 0.05) is 17.4 Å². The van der Waals surface area contributed by atoms with Gasteiger partial charge in [-0.1, -0.05) is 6.07 Å². The molecule has 1 aromatic rings. The van der Waals surface area contributed by atoms with Gasteiger partial charge < -0.3 is 16.4 Å². The number of nitrogens with two attached hydrogens (primary N) is 1. The molecule has 4 N–H and O–H groups in total. The van der Waals surface area contributed by atoms with E-state index in [0.717, 1.165) is 0 Å². The standard InChI is InChI=1S/C14H22N4O2/c1-10(2)16-13(19)8-18(3)9-14(20)17-12-6-4-5-11(15)7-12/h4-7,10H,8-9,15H2,1-3H3,(H,16,19)(H,17,20). The van der Waals surface area contributed by atoms with Crippen LogP contribution in [0.3, 0.4) is 0 Å². The van der Waals surface area contributed by atoms with Gasteiger partial charge in [-0.15, -0.1) is 0 Å². The topological polar surface area (TPSA) is 87.5 Å². The molecule has 0 aliphatic carbocycles. The summed E-state index contributed by atoms with van der Waals surface area (Å²) in [5.41, 5.74) is 6.87. The van der Waals surface area contributed by atoms with Gasteiger partial charge in [-0.3, -0.25) is 14.5 Å². The maximum Gasteiger partial charge on any atom is 0.238 e. The number of nitrogens with one attached hydrogen (secondary N) is 2. The largest absolute Gasteiger partial charge is 0.399 e. The van der Waals surface area contributed by atoms with Crippen molar-refractivity contribution in [3.63, 3.8) is 0 Å². The van der Waals surface area contributed by atoms with Crippen LogP contribution in [0, 0.1) is 0 Å². The highest BCUT2D eigenvalue weighted by atomic mass is 16.2. The molecule has 1 rings (SSSR count). The Bertz CT molecular complexity index is 474. The molecule has 0 unspecified atom stereocenters. The highest BCUT2D eigenvalue weighted by Crippen LogP contribution is 2.11. The zero-order valence-corrected chi connectivity index (χ0v) is 12.1. The molecule has 110 valence electrons. The Morgan fingerprint density at radius 3 is 2.50 bits per heavy atom. The van der Waals surface area contributed by atoms with Gasteiger partial charge in [0.05, 0.1) is 13.1 Å². The average molecular weight is 278 g/mol. The van der Waals surface area contributed by atoms with E-state index in [4.69, 9.17) is 5.73 Å². The van der Waals surface area contributed by atoms with Crippen molar-refractivity contribution in [2.24, 2.45) is 0 Å². The van der Waals surface area contributed by atoms with Crippen LogP contribution in [-0.4, -0.2) is 42.9 Å². The summed E-state index contributed by atoms with van der Waals surface area (Å²) >= 11 is 0. The number of likely N-dealkylation sites (N-methyl/N-ethyl adjacent to an activating group) is 1. The van der Waals surface area contributed by atoms with Crippen molar-refractivity contribution in [3.05, 3.63) is 24.3 Å². The minimum Gasteiger partial charge on any atom is -0.399 e. The molecular weight excluding hydrogens is 256 g/mol. The van der Waals surface area contributed by atoms with Crippen molar-refractivity contribution in [2.45, 2.75) is 19.9 Å². The van der Waals surface area contributed by atoms with Gasteiger partial charge in [0.15, 0.2) is 0 Å². The predicted molar refractivity (Wildman–Crippen MR) is 80.3 cm³/mol. The van der Waals surface area contributed by atoms with E-state index in [1.165, 1.54) is 0 Å².